The molecule has 1 N–H and O–H groups in total. The molecule has 0 radical (unpaired) electrons. The molecule has 0 aliphatic heterocycles. The normalized spacial score (nSPS) is 14.9. The van der Waals surface area contributed by atoms with E-state index in [0.29, 0.717) is 16.6 Å². The molecular formula is C18H25N3O2S. The molecule has 1 aliphatic carbocycles. The third-order valence-electron chi connectivity index (χ3n) is 5.33. The highest BCUT2D eigenvalue weighted by molar-refractivity contribution is 7.92. The lowest BCUT2D eigenvalue weighted by molar-refractivity contribution is 0.598. The Morgan fingerprint density at radius 2 is 1.50 bits per heavy atom. The third-order valence-corrected chi connectivity index (χ3v) is 6.96. The maximum Gasteiger partial charge on any atom is 0.263 e. The Balaban J connectivity index is 2.06. The van der Waals surface area contributed by atoms with E-state index in [1.54, 1.807) is 11.7 Å². The van der Waals surface area contributed by atoms with Crippen molar-refractivity contribution in [3.05, 3.63) is 39.6 Å². The average molecular weight is 347 g/mol. The molecule has 1 fully saturated rings. The molecule has 1 aromatic heterocycles. The molecule has 0 saturated heterocycles. The average Bonchev–Trinajstić information content (AvgIpc) is 3.29. The molecule has 130 valence electrons. The summed E-state index contributed by atoms with van der Waals surface area (Å²) < 4.78 is 30.5. The zero-order valence-corrected chi connectivity index (χ0v) is 16.0. The minimum atomic E-state index is -3.66. The number of aryl methyl sites for hydroxylation is 1. The van der Waals surface area contributed by atoms with E-state index in [9.17, 15) is 8.42 Å². The summed E-state index contributed by atoms with van der Waals surface area (Å²) in [6.07, 6.45) is 2.27. The minimum Gasteiger partial charge on any atom is -0.264 e. The molecule has 24 heavy (non-hydrogen) atoms. The first-order valence-electron chi connectivity index (χ1n) is 8.27. The van der Waals surface area contributed by atoms with E-state index in [-0.39, 0.29) is 0 Å². The van der Waals surface area contributed by atoms with Gasteiger partial charge in [-0.3, -0.25) is 9.40 Å². The van der Waals surface area contributed by atoms with E-state index in [1.807, 2.05) is 40.7 Å². The predicted molar refractivity (Wildman–Crippen MR) is 96.1 cm³/mol. The molecule has 1 saturated carbocycles. The van der Waals surface area contributed by atoms with E-state index in [0.717, 1.165) is 46.4 Å². The van der Waals surface area contributed by atoms with E-state index in [4.69, 9.17) is 0 Å². The van der Waals surface area contributed by atoms with Crippen LogP contribution < -0.4 is 4.72 Å². The fourth-order valence-corrected chi connectivity index (χ4v) is 4.90. The molecule has 2 aromatic rings. The number of rotatable bonds is 4. The largest absolute Gasteiger partial charge is 0.264 e. The first kappa shape index (κ1) is 17.0. The van der Waals surface area contributed by atoms with Crippen molar-refractivity contribution in [2.24, 2.45) is 7.05 Å². The van der Waals surface area contributed by atoms with Crippen LogP contribution in [0.4, 0.5) is 5.82 Å². The maximum absolute atomic E-state index is 13.1. The molecular weight excluding hydrogens is 322 g/mol. The van der Waals surface area contributed by atoms with Gasteiger partial charge in [0.25, 0.3) is 10.0 Å². The van der Waals surface area contributed by atoms with Gasteiger partial charge in [0.2, 0.25) is 0 Å². The molecule has 0 spiro atoms. The highest BCUT2D eigenvalue weighted by Crippen LogP contribution is 2.40. The van der Waals surface area contributed by atoms with Crippen LogP contribution in [0.1, 0.15) is 52.3 Å². The van der Waals surface area contributed by atoms with Crippen LogP contribution in [0.15, 0.2) is 11.0 Å². The molecule has 0 unspecified atom stereocenters. The monoisotopic (exact) mass is 347 g/mol. The van der Waals surface area contributed by atoms with Gasteiger partial charge in [-0.2, -0.15) is 5.10 Å². The lowest BCUT2D eigenvalue weighted by Gasteiger charge is -2.19. The van der Waals surface area contributed by atoms with Gasteiger partial charge in [0.15, 0.2) is 0 Å². The van der Waals surface area contributed by atoms with Crippen molar-refractivity contribution in [3.63, 3.8) is 0 Å². The fourth-order valence-electron chi connectivity index (χ4n) is 3.22. The summed E-state index contributed by atoms with van der Waals surface area (Å²) in [6.45, 7) is 9.75. The van der Waals surface area contributed by atoms with Gasteiger partial charge < -0.3 is 0 Å². The molecule has 0 atom stereocenters. The van der Waals surface area contributed by atoms with Gasteiger partial charge in [-0.25, -0.2) is 8.42 Å². The summed E-state index contributed by atoms with van der Waals surface area (Å²) in [5.74, 6) is 1.01. The van der Waals surface area contributed by atoms with Crippen LogP contribution in [-0.2, 0) is 17.1 Å². The van der Waals surface area contributed by atoms with Crippen molar-refractivity contribution < 1.29 is 8.42 Å². The number of hydrogen-bond donors (Lipinski definition) is 1. The number of benzene rings is 1. The summed E-state index contributed by atoms with van der Waals surface area (Å²) in [5.41, 5.74) is 5.81. The summed E-state index contributed by atoms with van der Waals surface area (Å²) in [4.78, 5) is 0.386. The molecule has 0 bridgehead atoms. The Kier molecular flexibility index (Phi) is 3.98. The quantitative estimate of drug-likeness (QED) is 0.918. The van der Waals surface area contributed by atoms with Crippen molar-refractivity contribution in [2.45, 2.75) is 58.3 Å². The lowest BCUT2D eigenvalue weighted by Crippen LogP contribution is -2.19. The van der Waals surface area contributed by atoms with Crippen LogP contribution in [-0.4, -0.2) is 18.2 Å². The highest BCUT2D eigenvalue weighted by Gasteiger charge is 2.29. The van der Waals surface area contributed by atoms with Gasteiger partial charge in [0.1, 0.15) is 5.82 Å². The lowest BCUT2D eigenvalue weighted by atomic mass is 9.95. The number of hydrogen-bond acceptors (Lipinski definition) is 3. The van der Waals surface area contributed by atoms with E-state index in [1.165, 1.54) is 0 Å². The standard InChI is InChI=1S/C18H25N3O2S/c1-10-11(2)13(4)18(14(5)12(10)3)24(22,23)20-17-9-16(15-7-8-15)19-21(17)6/h9,15,20H,7-8H2,1-6H3. The second kappa shape index (κ2) is 5.62. The molecule has 1 heterocycles. The van der Waals surface area contributed by atoms with Crippen LogP contribution in [0.25, 0.3) is 0 Å². The highest BCUT2D eigenvalue weighted by atomic mass is 32.2. The van der Waals surface area contributed by atoms with Gasteiger partial charge in [0.05, 0.1) is 10.6 Å². The molecule has 5 nitrogen and oxygen atoms in total. The fraction of sp³-hybridized carbons (Fsp3) is 0.500. The Hall–Kier alpha value is -1.82. The molecule has 1 aromatic carbocycles. The molecule has 3 rings (SSSR count). The van der Waals surface area contributed by atoms with Crippen LogP contribution in [0, 0.1) is 34.6 Å². The Labute approximate surface area is 144 Å². The third kappa shape index (κ3) is 2.73. The second-order valence-electron chi connectivity index (χ2n) is 6.91. The topological polar surface area (TPSA) is 64.0 Å². The second-order valence-corrected chi connectivity index (χ2v) is 8.53. The number of nitrogens with one attached hydrogen (secondary N) is 1. The predicted octanol–water partition coefficient (Wildman–Crippen LogP) is 3.64. The zero-order chi connectivity index (χ0) is 17.8. The van der Waals surface area contributed by atoms with Gasteiger partial charge >= 0.3 is 0 Å². The minimum absolute atomic E-state index is 0.386. The van der Waals surface area contributed by atoms with Crippen molar-refractivity contribution in [3.8, 4) is 0 Å². The first-order chi connectivity index (χ1) is 11.1. The smallest absolute Gasteiger partial charge is 0.263 e. The molecule has 0 amide bonds. The van der Waals surface area contributed by atoms with Crippen molar-refractivity contribution in [1.29, 1.82) is 0 Å². The van der Waals surface area contributed by atoms with Gasteiger partial charge in [-0.1, -0.05) is 0 Å². The van der Waals surface area contributed by atoms with Gasteiger partial charge in [-0.05, 0) is 75.3 Å². The maximum atomic E-state index is 13.1. The van der Waals surface area contributed by atoms with Crippen molar-refractivity contribution in [1.82, 2.24) is 9.78 Å². The Bertz CT molecular complexity index is 893. The summed E-state index contributed by atoms with van der Waals surface area (Å²) in [5, 5.41) is 4.43. The van der Waals surface area contributed by atoms with Crippen molar-refractivity contribution >= 4 is 15.8 Å². The van der Waals surface area contributed by atoms with Crippen LogP contribution in [0.3, 0.4) is 0 Å². The van der Waals surface area contributed by atoms with Crippen LogP contribution >= 0.6 is 0 Å². The number of sulfonamides is 1. The molecule has 6 heteroatoms. The SMILES string of the molecule is Cc1c(C)c(C)c(S(=O)(=O)Nc2cc(C3CC3)nn2C)c(C)c1C. The first-order valence-corrected chi connectivity index (χ1v) is 9.75. The Morgan fingerprint density at radius 3 is 2.00 bits per heavy atom. The van der Waals surface area contributed by atoms with Gasteiger partial charge in [0, 0.05) is 19.0 Å². The van der Waals surface area contributed by atoms with E-state index < -0.39 is 10.0 Å². The number of nitrogens with zero attached hydrogens (tertiary/aromatic N) is 2. The van der Waals surface area contributed by atoms with Crippen molar-refractivity contribution in [2.75, 3.05) is 4.72 Å². The molecule has 1 aliphatic rings. The van der Waals surface area contributed by atoms with E-state index >= 15 is 0 Å². The van der Waals surface area contributed by atoms with Gasteiger partial charge in [-0.15, -0.1) is 0 Å². The zero-order valence-electron chi connectivity index (χ0n) is 15.2. The summed E-state index contributed by atoms with van der Waals surface area (Å²) in [6, 6.07) is 1.85. The Morgan fingerprint density at radius 1 is 1.00 bits per heavy atom. The number of anilines is 1. The number of aromatic nitrogens is 2. The van der Waals surface area contributed by atoms with Crippen LogP contribution in [0.2, 0.25) is 0 Å². The van der Waals surface area contributed by atoms with E-state index in [2.05, 4.69) is 9.82 Å². The summed E-state index contributed by atoms with van der Waals surface area (Å²) in [7, 11) is -1.89. The summed E-state index contributed by atoms with van der Waals surface area (Å²) >= 11 is 0. The van der Waals surface area contributed by atoms with Crippen LogP contribution in [0.5, 0.6) is 0 Å².